The molecule has 0 unspecified atom stereocenters. The molecule has 2 spiro atoms. The summed E-state index contributed by atoms with van der Waals surface area (Å²) >= 11 is 0. The van der Waals surface area contributed by atoms with Gasteiger partial charge in [-0.25, -0.2) is 4.72 Å². The highest BCUT2D eigenvalue weighted by Crippen LogP contribution is 2.88. The zero-order valence-corrected chi connectivity index (χ0v) is 40.4. The molecule has 0 aromatic carbocycles. The van der Waals surface area contributed by atoms with Gasteiger partial charge in [0.25, 0.3) is 0 Å². The highest BCUT2D eigenvalue weighted by molar-refractivity contribution is 7.87. The summed E-state index contributed by atoms with van der Waals surface area (Å²) in [7, 11) is -2.66. The third-order valence-electron chi connectivity index (χ3n) is 18.7. The number of likely N-dealkylation sites (tertiary alicyclic amines) is 2. The highest BCUT2D eigenvalue weighted by Gasteiger charge is 2.85. The SMILES string of the molecule is C=C[C@]1(C)C[C@]1(CC(=O)[C@@H]1C[C@@]2(CN1C(=O)[C@@H](CC(=O)[C@@H](NC(=O)[C@@H]1CCCCN1C(C)C)C1CCCCC1)C(C)(C)C)C(C)(C)C21CCC1)C(=O)NS(=O)(=O)N(C)C1CCC1. The number of ketones is 2. The fourth-order valence-electron chi connectivity index (χ4n) is 13.6. The maximum atomic E-state index is 15.5. The Bertz CT molecular complexity index is 1910. The molecule has 2 saturated heterocycles. The van der Waals surface area contributed by atoms with Crippen molar-refractivity contribution < 1.29 is 32.4 Å². The largest absolute Gasteiger partial charge is 0.345 e. The summed E-state index contributed by atoms with van der Waals surface area (Å²) in [5, 5.41) is 3.28. The minimum atomic E-state index is -4.15. The van der Waals surface area contributed by atoms with Crippen LogP contribution in [0.4, 0.5) is 0 Å². The molecule has 5 saturated carbocycles. The van der Waals surface area contributed by atoms with E-state index in [1.165, 1.54) is 11.4 Å². The van der Waals surface area contributed by atoms with E-state index in [-0.39, 0.29) is 82.9 Å². The first-order valence-electron chi connectivity index (χ1n) is 24.3. The Balaban J connectivity index is 1.16. The average molecular weight is 882 g/mol. The molecule has 2 N–H and O–H groups in total. The molecule has 12 nitrogen and oxygen atoms in total. The number of carbonyl (C=O) groups excluding carboxylic acids is 5. The van der Waals surface area contributed by atoms with Gasteiger partial charge in [-0.1, -0.05) is 86.1 Å². The lowest BCUT2D eigenvalue weighted by Crippen LogP contribution is -2.57. The van der Waals surface area contributed by atoms with Gasteiger partial charge in [0.05, 0.1) is 23.5 Å². The Morgan fingerprint density at radius 1 is 0.871 bits per heavy atom. The van der Waals surface area contributed by atoms with Crippen LogP contribution in [0.3, 0.4) is 0 Å². The van der Waals surface area contributed by atoms with Gasteiger partial charge in [-0.05, 0) is 107 Å². The van der Waals surface area contributed by atoms with Gasteiger partial charge in [0, 0.05) is 55.3 Å². The van der Waals surface area contributed by atoms with E-state index in [4.69, 9.17) is 0 Å². The van der Waals surface area contributed by atoms with E-state index < -0.39 is 50.4 Å². The number of amides is 3. The molecule has 0 aromatic heterocycles. The van der Waals surface area contributed by atoms with E-state index in [1.54, 1.807) is 11.0 Å². The number of Topliss-reactive ketones (excluding diaryl/α,β-unsaturated/α-hetero) is 2. The summed E-state index contributed by atoms with van der Waals surface area (Å²) in [6, 6.07) is -1.77. The van der Waals surface area contributed by atoms with Crippen LogP contribution in [0.5, 0.6) is 0 Å². The van der Waals surface area contributed by atoms with Crippen LogP contribution >= 0.6 is 0 Å². The van der Waals surface area contributed by atoms with E-state index in [1.807, 2.05) is 27.7 Å². The lowest BCUT2D eigenvalue weighted by Gasteiger charge is -2.40. The number of carbonyl (C=O) groups is 5. The Kier molecular flexibility index (Phi) is 12.7. The highest BCUT2D eigenvalue weighted by atomic mass is 32.2. The summed E-state index contributed by atoms with van der Waals surface area (Å²) in [4.78, 5) is 77.9. The average Bonchev–Trinajstić information content (AvgIpc) is 3.79. The molecule has 0 radical (unpaired) electrons. The fourth-order valence-corrected chi connectivity index (χ4v) is 14.8. The number of piperidine rings is 1. The summed E-state index contributed by atoms with van der Waals surface area (Å²) in [5.74, 6) is -2.14. The van der Waals surface area contributed by atoms with Crippen LogP contribution in [-0.2, 0) is 34.2 Å². The molecule has 62 heavy (non-hydrogen) atoms. The molecule has 7 atom stereocenters. The lowest BCUT2D eigenvalue weighted by atomic mass is 9.73. The Labute approximate surface area is 373 Å². The monoisotopic (exact) mass is 882 g/mol. The zero-order chi connectivity index (χ0) is 45.4. The second kappa shape index (κ2) is 16.7. The van der Waals surface area contributed by atoms with Crippen molar-refractivity contribution in [1.29, 1.82) is 0 Å². The van der Waals surface area contributed by atoms with Crippen LogP contribution < -0.4 is 10.0 Å². The first kappa shape index (κ1) is 47.3. The first-order chi connectivity index (χ1) is 28.9. The molecule has 7 fully saturated rings. The first-order valence-corrected chi connectivity index (χ1v) is 25.7. The Morgan fingerprint density at radius 3 is 2.03 bits per heavy atom. The fraction of sp³-hybridized carbons (Fsp3) is 0.857. The summed E-state index contributed by atoms with van der Waals surface area (Å²) in [6.45, 7) is 21.8. The van der Waals surface area contributed by atoms with Gasteiger partial charge in [0.15, 0.2) is 11.6 Å². The van der Waals surface area contributed by atoms with Gasteiger partial charge in [-0.15, -0.1) is 6.58 Å². The van der Waals surface area contributed by atoms with E-state index in [9.17, 15) is 22.8 Å². The number of nitrogens with zero attached hydrogens (tertiary/aromatic N) is 3. The minimum absolute atomic E-state index is 0.000462. The van der Waals surface area contributed by atoms with Crippen molar-refractivity contribution in [3.8, 4) is 0 Å². The van der Waals surface area contributed by atoms with Crippen molar-refractivity contribution in [2.45, 2.75) is 201 Å². The van der Waals surface area contributed by atoms with Gasteiger partial charge < -0.3 is 10.2 Å². The standard InChI is InChI=1S/C49H79N5O7S/c1-11-46(9)30-47(46,43(59)51-62(60,61)52(10)34-21-17-22-34)29-39(56)37-28-49(45(7,8)48(49)24-18-25-48)31-54(37)42(58)35(44(4,5)6)27-38(55)40(33-19-13-12-14-20-33)50-41(57)36-23-15-16-26-53(36)32(2)3/h11,32-37,40H,1,12-31H2,2-10H3,(H,50,57)(H,51,59)/t35-,36+,37+,40+,46-,47-,49-/m1/s1. The number of hydrogen-bond donors (Lipinski definition) is 2. The molecule has 2 heterocycles. The van der Waals surface area contributed by atoms with Crippen molar-refractivity contribution in [3.63, 3.8) is 0 Å². The third-order valence-corrected chi connectivity index (χ3v) is 20.2. The third kappa shape index (κ3) is 7.75. The molecular weight excluding hydrogens is 803 g/mol. The lowest BCUT2D eigenvalue weighted by molar-refractivity contribution is -0.147. The van der Waals surface area contributed by atoms with Gasteiger partial charge in [0.1, 0.15) is 0 Å². The van der Waals surface area contributed by atoms with Gasteiger partial charge in [-0.2, -0.15) is 12.7 Å². The van der Waals surface area contributed by atoms with E-state index >= 15 is 9.59 Å². The van der Waals surface area contributed by atoms with Crippen molar-refractivity contribution in [3.05, 3.63) is 12.7 Å². The molecule has 0 aromatic rings. The molecule has 7 rings (SSSR count). The summed E-state index contributed by atoms with van der Waals surface area (Å²) < 4.78 is 30.5. The summed E-state index contributed by atoms with van der Waals surface area (Å²) in [6.07, 6.45) is 15.3. The zero-order valence-electron chi connectivity index (χ0n) is 39.6. The van der Waals surface area contributed by atoms with Crippen molar-refractivity contribution in [1.82, 2.24) is 24.1 Å². The van der Waals surface area contributed by atoms with E-state index in [0.29, 0.717) is 13.0 Å². The quantitative estimate of drug-likeness (QED) is 0.156. The van der Waals surface area contributed by atoms with Gasteiger partial charge >= 0.3 is 10.2 Å². The number of rotatable bonds is 16. The van der Waals surface area contributed by atoms with Crippen molar-refractivity contribution >= 4 is 39.5 Å². The predicted molar refractivity (Wildman–Crippen MR) is 241 cm³/mol. The van der Waals surface area contributed by atoms with Crippen LogP contribution in [0.2, 0.25) is 0 Å². The summed E-state index contributed by atoms with van der Waals surface area (Å²) in [5.41, 5.74) is -3.16. The maximum Gasteiger partial charge on any atom is 0.303 e. The van der Waals surface area contributed by atoms with E-state index in [2.05, 4.69) is 49.2 Å². The van der Waals surface area contributed by atoms with Crippen LogP contribution in [0, 0.1) is 44.3 Å². The molecule has 7 aliphatic rings. The molecule has 2 aliphatic heterocycles. The number of hydrogen-bond acceptors (Lipinski definition) is 8. The molecule has 13 heteroatoms. The molecule has 0 bridgehead atoms. The van der Waals surface area contributed by atoms with Crippen LogP contribution in [0.25, 0.3) is 0 Å². The van der Waals surface area contributed by atoms with Gasteiger partial charge in [-0.3, -0.25) is 28.9 Å². The normalized spacial score (nSPS) is 33.1. The van der Waals surface area contributed by atoms with Crippen LogP contribution in [0.15, 0.2) is 12.7 Å². The Morgan fingerprint density at radius 2 is 1.52 bits per heavy atom. The van der Waals surface area contributed by atoms with Crippen LogP contribution in [-0.4, -0.2) is 102 Å². The smallest absolute Gasteiger partial charge is 0.303 e. The topological polar surface area (TPSA) is 153 Å². The number of nitrogens with one attached hydrogen (secondary N) is 2. The molecule has 5 aliphatic carbocycles. The number of fused-ring (bicyclic) bond motifs is 1. The molecular formula is C49H79N5O7S. The Hall–Kier alpha value is -2.64. The van der Waals surface area contributed by atoms with E-state index in [0.717, 1.165) is 96.4 Å². The second-order valence-electron chi connectivity index (χ2n) is 23.2. The number of allylic oxidation sites excluding steroid dienone is 1. The molecule has 3 amide bonds. The van der Waals surface area contributed by atoms with Crippen molar-refractivity contribution in [2.75, 3.05) is 20.1 Å². The van der Waals surface area contributed by atoms with Gasteiger partial charge in [0.2, 0.25) is 17.7 Å². The minimum Gasteiger partial charge on any atom is -0.345 e. The molecule has 348 valence electrons. The van der Waals surface area contributed by atoms with Crippen LogP contribution in [0.1, 0.15) is 171 Å². The maximum absolute atomic E-state index is 15.5. The van der Waals surface area contributed by atoms with Crippen molar-refractivity contribution in [2.24, 2.45) is 44.3 Å². The predicted octanol–water partition coefficient (Wildman–Crippen LogP) is 7.12. The second-order valence-corrected chi connectivity index (χ2v) is 24.9.